The molecule has 1 N–H and O–H groups in total. The van der Waals surface area contributed by atoms with E-state index in [4.69, 9.17) is 15.1 Å². The van der Waals surface area contributed by atoms with Crippen molar-refractivity contribution in [2.24, 2.45) is 0 Å². The molecule has 0 fully saturated rings. The third kappa shape index (κ3) is 5.50. The molecule has 176 valence electrons. The number of aromatic nitrogens is 2. The van der Waals surface area contributed by atoms with Crippen molar-refractivity contribution < 1.29 is 14.7 Å². The third-order valence-electron chi connectivity index (χ3n) is 6.25. The van der Waals surface area contributed by atoms with Gasteiger partial charge in [0.2, 0.25) is 5.91 Å². The Labute approximate surface area is 200 Å². The van der Waals surface area contributed by atoms with Crippen LogP contribution in [0.25, 0.3) is 22.5 Å². The van der Waals surface area contributed by atoms with Gasteiger partial charge in [0.1, 0.15) is 0 Å². The van der Waals surface area contributed by atoms with Crippen molar-refractivity contribution in [1.82, 2.24) is 9.97 Å². The van der Waals surface area contributed by atoms with Crippen LogP contribution in [0.4, 0.5) is 5.82 Å². The highest BCUT2D eigenvalue weighted by atomic mass is 16.4. The summed E-state index contributed by atoms with van der Waals surface area (Å²) in [6.07, 6.45) is 4.41. The van der Waals surface area contributed by atoms with Gasteiger partial charge in [0.25, 0.3) is 0 Å². The van der Waals surface area contributed by atoms with E-state index in [1.54, 1.807) is 4.90 Å². The maximum absolute atomic E-state index is 12.8. The molecule has 1 aliphatic rings. The van der Waals surface area contributed by atoms with E-state index in [-0.39, 0.29) is 12.3 Å². The van der Waals surface area contributed by atoms with E-state index in [0.717, 1.165) is 47.5 Å². The molecule has 2 heterocycles. The second-order valence-corrected chi connectivity index (χ2v) is 9.03. The minimum absolute atomic E-state index is 0.0743. The first-order chi connectivity index (χ1) is 16.4. The number of carbonyl (C=O) groups excluding carboxylic acids is 1. The van der Waals surface area contributed by atoms with Gasteiger partial charge in [-0.05, 0) is 26.7 Å². The van der Waals surface area contributed by atoms with Gasteiger partial charge >= 0.3 is 5.97 Å². The van der Waals surface area contributed by atoms with Crippen molar-refractivity contribution in [3.63, 3.8) is 0 Å². The van der Waals surface area contributed by atoms with Gasteiger partial charge in [0, 0.05) is 36.9 Å². The summed E-state index contributed by atoms with van der Waals surface area (Å²) in [4.78, 5) is 35.4. The summed E-state index contributed by atoms with van der Waals surface area (Å²) in [6, 6.07) is 16.6. The molecule has 0 saturated carbocycles. The Hall–Kier alpha value is -3.54. The van der Waals surface area contributed by atoms with Crippen LogP contribution in [0, 0.1) is 13.8 Å². The second kappa shape index (κ2) is 10.6. The van der Waals surface area contributed by atoms with Crippen molar-refractivity contribution >= 4 is 17.7 Å². The number of benzene rings is 2. The zero-order valence-corrected chi connectivity index (χ0v) is 19.9. The van der Waals surface area contributed by atoms with Crippen LogP contribution in [0.3, 0.4) is 0 Å². The van der Waals surface area contributed by atoms with E-state index >= 15 is 0 Å². The highest BCUT2D eigenvalue weighted by Gasteiger charge is 2.28. The van der Waals surface area contributed by atoms with Crippen LogP contribution in [0.15, 0.2) is 48.5 Å². The number of anilines is 1. The van der Waals surface area contributed by atoms with E-state index in [1.165, 1.54) is 11.1 Å². The van der Waals surface area contributed by atoms with Crippen LogP contribution < -0.4 is 4.90 Å². The molecule has 1 aliphatic heterocycles. The predicted octanol–water partition coefficient (Wildman–Crippen LogP) is 5.74. The monoisotopic (exact) mass is 457 g/mol. The van der Waals surface area contributed by atoms with Crippen molar-refractivity contribution in [2.45, 2.75) is 58.8 Å². The van der Waals surface area contributed by atoms with Gasteiger partial charge < -0.3 is 5.11 Å². The number of aryl methyl sites for hydroxylation is 3. The fraction of sp³-hybridized carbons (Fsp3) is 0.357. The van der Waals surface area contributed by atoms with Crippen molar-refractivity contribution in [3.8, 4) is 22.5 Å². The van der Waals surface area contributed by atoms with Crippen LogP contribution in [-0.4, -0.2) is 33.5 Å². The number of hydrogen-bond acceptors (Lipinski definition) is 4. The predicted molar refractivity (Wildman–Crippen MR) is 134 cm³/mol. The van der Waals surface area contributed by atoms with E-state index in [1.807, 2.05) is 0 Å². The Morgan fingerprint density at radius 1 is 0.824 bits per heavy atom. The number of amides is 1. The molecule has 0 spiro atoms. The van der Waals surface area contributed by atoms with Gasteiger partial charge in [-0.2, -0.15) is 0 Å². The molecular formula is C28H31N3O3. The van der Waals surface area contributed by atoms with E-state index in [9.17, 15) is 9.59 Å². The number of rotatable bonds is 9. The average molecular weight is 458 g/mol. The summed E-state index contributed by atoms with van der Waals surface area (Å²) >= 11 is 0. The Morgan fingerprint density at radius 3 is 1.97 bits per heavy atom. The molecule has 1 amide bonds. The van der Waals surface area contributed by atoms with Gasteiger partial charge in [0.05, 0.1) is 17.1 Å². The van der Waals surface area contributed by atoms with Crippen LogP contribution in [-0.2, 0) is 16.0 Å². The molecule has 34 heavy (non-hydrogen) atoms. The largest absolute Gasteiger partial charge is 0.481 e. The minimum Gasteiger partial charge on any atom is -0.481 e. The van der Waals surface area contributed by atoms with Gasteiger partial charge in [-0.1, -0.05) is 72.5 Å². The number of carboxylic acids is 1. The lowest BCUT2D eigenvalue weighted by Gasteiger charge is -2.29. The number of hydrogen-bond donors (Lipinski definition) is 1. The Kier molecular flexibility index (Phi) is 7.36. The number of carboxylic acid groups (broad SMARTS) is 1. The minimum atomic E-state index is -0.761. The SMILES string of the molecule is Cc1ccc(-c2nc3c(nc2-c2ccc(C)cc2)N(CCCCCCC(=O)O)C(=O)CC3)cc1. The lowest BCUT2D eigenvalue weighted by Crippen LogP contribution is -2.37. The number of unbranched alkanes of at least 4 members (excludes halogenated alkanes) is 3. The van der Waals surface area contributed by atoms with Crippen LogP contribution in [0.2, 0.25) is 0 Å². The molecule has 0 atom stereocenters. The molecule has 3 aromatic rings. The fourth-order valence-corrected chi connectivity index (χ4v) is 4.28. The highest BCUT2D eigenvalue weighted by molar-refractivity contribution is 5.96. The first-order valence-electron chi connectivity index (χ1n) is 12.0. The summed E-state index contributed by atoms with van der Waals surface area (Å²) in [5.41, 5.74) is 6.82. The molecule has 6 heteroatoms. The molecule has 0 radical (unpaired) electrons. The lowest BCUT2D eigenvalue weighted by atomic mass is 10.0. The van der Waals surface area contributed by atoms with Crippen molar-refractivity contribution in [2.75, 3.05) is 11.4 Å². The Balaban J connectivity index is 1.66. The van der Waals surface area contributed by atoms with Crippen LogP contribution in [0.5, 0.6) is 0 Å². The van der Waals surface area contributed by atoms with Crippen molar-refractivity contribution in [1.29, 1.82) is 0 Å². The van der Waals surface area contributed by atoms with Gasteiger partial charge in [-0.25, -0.2) is 9.97 Å². The summed E-state index contributed by atoms with van der Waals surface area (Å²) in [5.74, 6) is -0.0260. The fourth-order valence-electron chi connectivity index (χ4n) is 4.28. The Bertz CT molecular complexity index is 1170. The molecule has 6 nitrogen and oxygen atoms in total. The summed E-state index contributed by atoms with van der Waals surface area (Å²) in [6.45, 7) is 4.69. The molecule has 0 saturated heterocycles. The molecule has 0 aliphatic carbocycles. The maximum Gasteiger partial charge on any atom is 0.303 e. The maximum atomic E-state index is 12.8. The van der Waals surface area contributed by atoms with Crippen LogP contribution in [0.1, 0.15) is 55.3 Å². The summed E-state index contributed by atoms with van der Waals surface area (Å²) in [5, 5.41) is 8.80. The standard InChI is InChI=1S/C28H31N3O3/c1-19-8-12-21(13-9-19)26-27(22-14-10-20(2)11-15-22)30-28-23(29-26)16-17-24(32)31(28)18-6-4-3-5-7-25(33)34/h8-15H,3-7,16-18H2,1-2H3,(H,33,34). The number of nitrogens with zero attached hydrogens (tertiary/aromatic N) is 3. The number of aliphatic carboxylic acids is 1. The normalized spacial score (nSPS) is 13.1. The Morgan fingerprint density at radius 2 is 1.38 bits per heavy atom. The molecular weight excluding hydrogens is 426 g/mol. The van der Waals surface area contributed by atoms with E-state index in [2.05, 4.69) is 62.4 Å². The first-order valence-corrected chi connectivity index (χ1v) is 12.0. The van der Waals surface area contributed by atoms with Gasteiger partial charge in [-0.3, -0.25) is 14.5 Å². The summed E-state index contributed by atoms with van der Waals surface area (Å²) < 4.78 is 0. The number of carbonyl (C=O) groups is 2. The lowest BCUT2D eigenvalue weighted by molar-refractivity contribution is -0.137. The zero-order valence-electron chi connectivity index (χ0n) is 19.9. The van der Waals surface area contributed by atoms with Gasteiger partial charge in [-0.15, -0.1) is 0 Å². The smallest absolute Gasteiger partial charge is 0.303 e. The summed E-state index contributed by atoms with van der Waals surface area (Å²) in [7, 11) is 0. The first kappa shape index (κ1) is 23.6. The third-order valence-corrected chi connectivity index (χ3v) is 6.25. The van der Waals surface area contributed by atoms with E-state index < -0.39 is 5.97 Å². The van der Waals surface area contributed by atoms with Crippen LogP contribution >= 0.6 is 0 Å². The van der Waals surface area contributed by atoms with Crippen molar-refractivity contribution in [3.05, 3.63) is 65.4 Å². The van der Waals surface area contributed by atoms with E-state index in [0.29, 0.717) is 31.6 Å². The average Bonchev–Trinajstić information content (AvgIpc) is 2.82. The second-order valence-electron chi connectivity index (χ2n) is 9.03. The van der Waals surface area contributed by atoms with Gasteiger partial charge in [0.15, 0.2) is 5.82 Å². The molecule has 0 unspecified atom stereocenters. The molecule has 0 bridgehead atoms. The molecule has 1 aromatic heterocycles. The molecule has 2 aromatic carbocycles. The highest BCUT2D eigenvalue weighted by Crippen LogP contribution is 2.35. The topological polar surface area (TPSA) is 83.4 Å². The number of fused-ring (bicyclic) bond motifs is 1. The zero-order chi connectivity index (χ0) is 24.1. The molecule has 4 rings (SSSR count). The quantitative estimate of drug-likeness (QED) is 0.414.